The van der Waals surface area contributed by atoms with E-state index in [1.165, 1.54) is 0 Å². The highest BCUT2D eigenvalue weighted by atomic mass is 16.5. The lowest BCUT2D eigenvalue weighted by atomic mass is 9.84. The van der Waals surface area contributed by atoms with Crippen molar-refractivity contribution in [3.63, 3.8) is 0 Å². The monoisotopic (exact) mass is 323 g/mol. The van der Waals surface area contributed by atoms with Crippen LogP contribution >= 0.6 is 0 Å². The van der Waals surface area contributed by atoms with E-state index in [1.807, 2.05) is 0 Å². The largest absolute Gasteiger partial charge is 0.507 e. The van der Waals surface area contributed by atoms with E-state index in [-0.39, 0.29) is 11.7 Å². The van der Waals surface area contributed by atoms with Crippen LogP contribution in [0.4, 0.5) is 0 Å². The van der Waals surface area contributed by atoms with Gasteiger partial charge < -0.3 is 14.3 Å². The Hall–Kier alpha value is -2.49. The van der Waals surface area contributed by atoms with Crippen LogP contribution in [0.1, 0.15) is 30.7 Å². The lowest BCUT2D eigenvalue weighted by molar-refractivity contribution is 0.412. The number of hydrogen-bond donors (Lipinski definition) is 1. The first-order valence-electron chi connectivity index (χ1n) is 8.22. The second-order valence-corrected chi connectivity index (χ2v) is 6.37. The highest BCUT2D eigenvalue weighted by Crippen LogP contribution is 2.49. The molecule has 1 N–H and O–H groups in total. The predicted octanol–water partition coefficient (Wildman–Crippen LogP) is 4.09. The van der Waals surface area contributed by atoms with E-state index in [2.05, 4.69) is 24.6 Å². The average molecular weight is 323 g/mol. The number of hydrogen-bond acceptors (Lipinski definition) is 4. The summed E-state index contributed by atoms with van der Waals surface area (Å²) in [5, 5.41) is 11.4. The summed E-state index contributed by atoms with van der Waals surface area (Å²) in [6.07, 6.45) is 11.3. The molecule has 0 saturated heterocycles. The summed E-state index contributed by atoms with van der Waals surface area (Å²) in [5.41, 5.74) is 1.32. The van der Waals surface area contributed by atoms with Crippen LogP contribution in [0.5, 0.6) is 11.5 Å². The Morgan fingerprint density at radius 1 is 1.33 bits per heavy atom. The van der Waals surface area contributed by atoms with Crippen LogP contribution in [0, 0.1) is 12.3 Å². The summed E-state index contributed by atoms with van der Waals surface area (Å²) in [6.45, 7) is 0. The number of methoxy groups -OCH3 is 1. The maximum Gasteiger partial charge on any atom is 0.343 e. The van der Waals surface area contributed by atoms with Crippen molar-refractivity contribution in [3.8, 4) is 11.5 Å². The van der Waals surface area contributed by atoms with Gasteiger partial charge in [-0.05, 0) is 49.3 Å². The summed E-state index contributed by atoms with van der Waals surface area (Å²) in [7, 11) is 1.55. The van der Waals surface area contributed by atoms with Crippen LogP contribution in [-0.2, 0) is 0 Å². The highest BCUT2D eigenvalue weighted by molar-refractivity contribution is 5.85. The third kappa shape index (κ3) is 2.52. The van der Waals surface area contributed by atoms with Gasteiger partial charge in [0.1, 0.15) is 17.1 Å². The molecule has 24 heavy (non-hydrogen) atoms. The Morgan fingerprint density at radius 2 is 2.17 bits per heavy atom. The van der Waals surface area contributed by atoms with Gasteiger partial charge in [0, 0.05) is 12.0 Å². The van der Waals surface area contributed by atoms with E-state index < -0.39 is 5.63 Å². The Morgan fingerprint density at radius 3 is 2.83 bits per heavy atom. The highest BCUT2D eigenvalue weighted by Gasteiger charge is 2.38. The standard InChI is InChI=1S/C20H19O4/c1-23-14-9-10-15-16(11-14)24-20(22)18(19(15)21)17(13-7-8-13)12-5-3-2-4-6-12/h3-6,9-11,13,17,21H,2,7-8H2,1H3. The second-order valence-electron chi connectivity index (χ2n) is 6.37. The fourth-order valence-electron chi connectivity index (χ4n) is 3.43. The van der Waals surface area contributed by atoms with Crippen LogP contribution in [0.3, 0.4) is 0 Å². The number of benzene rings is 1. The number of rotatable bonds is 4. The van der Waals surface area contributed by atoms with Crippen molar-refractivity contribution in [1.29, 1.82) is 0 Å². The number of ether oxygens (including phenoxy) is 1. The molecule has 0 aliphatic heterocycles. The molecule has 2 aliphatic carbocycles. The van der Waals surface area contributed by atoms with Crippen molar-refractivity contribution < 1.29 is 14.3 Å². The third-order valence-electron chi connectivity index (χ3n) is 4.78. The Kier molecular flexibility index (Phi) is 3.68. The van der Waals surface area contributed by atoms with Gasteiger partial charge in [-0.2, -0.15) is 0 Å². The van der Waals surface area contributed by atoms with Crippen LogP contribution in [0.15, 0.2) is 51.2 Å². The summed E-state index contributed by atoms with van der Waals surface area (Å²) in [5.74, 6) is 0.891. The molecule has 4 rings (SSSR count). The molecule has 2 aliphatic rings. The Labute approximate surface area is 140 Å². The van der Waals surface area contributed by atoms with Gasteiger partial charge in [-0.25, -0.2) is 4.79 Å². The van der Waals surface area contributed by atoms with E-state index >= 15 is 0 Å². The van der Waals surface area contributed by atoms with Crippen molar-refractivity contribution in [3.05, 3.63) is 64.4 Å². The summed E-state index contributed by atoms with van der Waals surface area (Å²) < 4.78 is 10.7. The molecule has 4 nitrogen and oxygen atoms in total. The molecule has 1 atom stereocenters. The lowest BCUT2D eigenvalue weighted by Gasteiger charge is -2.20. The quantitative estimate of drug-likeness (QED) is 0.861. The first kappa shape index (κ1) is 15.1. The fraction of sp³-hybridized carbons (Fsp3) is 0.300. The first-order valence-corrected chi connectivity index (χ1v) is 8.22. The maximum atomic E-state index is 12.6. The SMILES string of the molecule is COc1ccc2c(O)c(C(C3=C[CH]CC=C3)C3CC3)c(=O)oc2c1. The summed E-state index contributed by atoms with van der Waals surface area (Å²) >= 11 is 0. The molecular weight excluding hydrogens is 304 g/mol. The van der Waals surface area contributed by atoms with E-state index in [4.69, 9.17) is 9.15 Å². The molecule has 1 fully saturated rings. The topological polar surface area (TPSA) is 59.7 Å². The van der Waals surface area contributed by atoms with Crippen molar-refractivity contribution in [1.82, 2.24) is 0 Å². The predicted molar refractivity (Wildman–Crippen MR) is 92.3 cm³/mol. The minimum Gasteiger partial charge on any atom is -0.507 e. The molecule has 0 bridgehead atoms. The molecule has 4 heteroatoms. The van der Waals surface area contributed by atoms with Crippen molar-refractivity contribution >= 4 is 11.0 Å². The van der Waals surface area contributed by atoms with Gasteiger partial charge in [0.2, 0.25) is 0 Å². The Bertz CT molecular complexity index is 900. The van der Waals surface area contributed by atoms with Gasteiger partial charge in [-0.3, -0.25) is 0 Å². The maximum absolute atomic E-state index is 12.6. The molecule has 123 valence electrons. The van der Waals surface area contributed by atoms with Crippen LogP contribution in [0.2, 0.25) is 0 Å². The van der Waals surface area contributed by atoms with Gasteiger partial charge in [-0.1, -0.05) is 18.2 Å². The van der Waals surface area contributed by atoms with Crippen LogP contribution < -0.4 is 10.4 Å². The smallest absolute Gasteiger partial charge is 0.343 e. The lowest BCUT2D eigenvalue weighted by Crippen LogP contribution is -2.16. The summed E-state index contributed by atoms with van der Waals surface area (Å²) in [6, 6.07) is 5.11. The van der Waals surface area contributed by atoms with Gasteiger partial charge >= 0.3 is 5.63 Å². The molecule has 1 aromatic carbocycles. The van der Waals surface area contributed by atoms with E-state index in [1.54, 1.807) is 25.3 Å². The zero-order valence-corrected chi connectivity index (χ0v) is 13.5. The minimum atomic E-state index is -0.468. The van der Waals surface area contributed by atoms with E-state index in [0.29, 0.717) is 28.2 Å². The second kappa shape index (κ2) is 5.86. The van der Waals surface area contributed by atoms with Gasteiger partial charge in [0.15, 0.2) is 0 Å². The minimum absolute atomic E-state index is 0.0284. The zero-order chi connectivity index (χ0) is 16.7. The van der Waals surface area contributed by atoms with E-state index in [0.717, 1.165) is 24.8 Å². The van der Waals surface area contributed by atoms with Crippen molar-refractivity contribution in [2.24, 2.45) is 5.92 Å². The van der Waals surface area contributed by atoms with Crippen molar-refractivity contribution in [2.75, 3.05) is 7.11 Å². The average Bonchev–Trinajstić information content (AvgIpc) is 3.43. The fourth-order valence-corrected chi connectivity index (χ4v) is 3.43. The molecule has 1 unspecified atom stereocenters. The van der Waals surface area contributed by atoms with Gasteiger partial charge in [0.05, 0.1) is 18.1 Å². The summed E-state index contributed by atoms with van der Waals surface area (Å²) in [4.78, 5) is 12.6. The zero-order valence-electron chi connectivity index (χ0n) is 13.5. The molecule has 1 aromatic heterocycles. The van der Waals surface area contributed by atoms with Gasteiger partial charge in [-0.15, -0.1) is 0 Å². The van der Waals surface area contributed by atoms with E-state index in [9.17, 15) is 9.90 Å². The number of allylic oxidation sites excluding steroid dienone is 4. The molecule has 0 amide bonds. The molecule has 1 radical (unpaired) electrons. The first-order chi connectivity index (χ1) is 11.7. The molecule has 1 saturated carbocycles. The third-order valence-corrected chi connectivity index (χ3v) is 4.78. The molecular formula is C20H19O4. The molecule has 0 spiro atoms. The molecule has 2 aromatic rings. The number of fused-ring (bicyclic) bond motifs is 1. The number of aromatic hydroxyl groups is 1. The van der Waals surface area contributed by atoms with Crippen LogP contribution in [0.25, 0.3) is 11.0 Å². The Balaban J connectivity index is 1.90. The van der Waals surface area contributed by atoms with Gasteiger partial charge in [0.25, 0.3) is 0 Å². The van der Waals surface area contributed by atoms with Crippen molar-refractivity contribution in [2.45, 2.75) is 25.2 Å². The van der Waals surface area contributed by atoms with Crippen LogP contribution in [-0.4, -0.2) is 12.2 Å². The normalized spacial score (nSPS) is 18.5. The molecule has 1 heterocycles.